The van der Waals surface area contributed by atoms with E-state index in [2.05, 4.69) is 4.98 Å². The van der Waals surface area contributed by atoms with Crippen LogP contribution in [0.1, 0.15) is 18.2 Å². The second-order valence-corrected chi connectivity index (χ2v) is 5.10. The molecule has 1 aromatic carbocycles. The highest BCUT2D eigenvalue weighted by Gasteiger charge is 2.18. The van der Waals surface area contributed by atoms with E-state index in [1.165, 1.54) is 0 Å². The van der Waals surface area contributed by atoms with Gasteiger partial charge in [-0.1, -0.05) is 6.07 Å². The molecule has 0 radical (unpaired) electrons. The Labute approximate surface area is 123 Å². The van der Waals surface area contributed by atoms with E-state index in [1.807, 2.05) is 37.3 Å². The van der Waals surface area contributed by atoms with Crippen LogP contribution in [0.2, 0.25) is 0 Å². The Morgan fingerprint density at radius 2 is 2.10 bits per heavy atom. The first-order chi connectivity index (χ1) is 10.2. The summed E-state index contributed by atoms with van der Waals surface area (Å²) in [4.78, 5) is 4.25. The van der Waals surface area contributed by atoms with Gasteiger partial charge in [0.25, 0.3) is 0 Å². The molecule has 3 rings (SSSR count). The van der Waals surface area contributed by atoms with E-state index in [0.29, 0.717) is 18.8 Å². The van der Waals surface area contributed by atoms with Gasteiger partial charge in [0.05, 0.1) is 5.69 Å². The highest BCUT2D eigenvalue weighted by atomic mass is 16.7. The first-order valence-electron chi connectivity index (χ1n) is 6.93. The van der Waals surface area contributed by atoms with Gasteiger partial charge in [-0.15, -0.1) is 0 Å². The molecule has 1 aromatic heterocycles. The Kier molecular flexibility index (Phi) is 3.92. The minimum absolute atomic E-state index is 0.0440. The zero-order chi connectivity index (χ0) is 14.7. The van der Waals surface area contributed by atoms with Crippen LogP contribution in [-0.4, -0.2) is 17.8 Å². The van der Waals surface area contributed by atoms with Gasteiger partial charge >= 0.3 is 0 Å². The van der Waals surface area contributed by atoms with E-state index in [0.717, 1.165) is 22.8 Å². The maximum Gasteiger partial charge on any atom is 0.231 e. The van der Waals surface area contributed by atoms with Crippen molar-refractivity contribution in [1.82, 2.24) is 4.98 Å². The molecule has 1 unspecified atom stereocenters. The number of fused-ring (bicyclic) bond motifs is 1. The largest absolute Gasteiger partial charge is 0.487 e. The van der Waals surface area contributed by atoms with Crippen molar-refractivity contribution in [2.45, 2.75) is 26.0 Å². The van der Waals surface area contributed by atoms with Crippen molar-refractivity contribution in [3.63, 3.8) is 0 Å². The van der Waals surface area contributed by atoms with E-state index < -0.39 is 0 Å². The fourth-order valence-corrected chi connectivity index (χ4v) is 2.24. The van der Waals surface area contributed by atoms with Crippen molar-refractivity contribution in [1.29, 1.82) is 0 Å². The molecule has 0 spiro atoms. The summed E-state index contributed by atoms with van der Waals surface area (Å²) in [6, 6.07) is 9.60. The van der Waals surface area contributed by atoms with Crippen LogP contribution in [0.25, 0.3) is 0 Å². The monoisotopic (exact) mass is 286 g/mol. The van der Waals surface area contributed by atoms with E-state index in [-0.39, 0.29) is 12.8 Å². The summed E-state index contributed by atoms with van der Waals surface area (Å²) < 4.78 is 16.7. The molecule has 1 aliphatic heterocycles. The lowest BCUT2D eigenvalue weighted by molar-refractivity contribution is 0.173. The van der Waals surface area contributed by atoms with Crippen LogP contribution in [0, 0.1) is 0 Å². The van der Waals surface area contributed by atoms with Crippen LogP contribution in [0.15, 0.2) is 36.5 Å². The minimum atomic E-state index is 0.0440. The van der Waals surface area contributed by atoms with Crippen molar-refractivity contribution in [2.24, 2.45) is 5.73 Å². The zero-order valence-corrected chi connectivity index (χ0v) is 11.9. The maximum atomic E-state index is 5.91. The molecule has 1 aliphatic rings. The number of benzene rings is 1. The predicted octanol–water partition coefficient (Wildman–Crippen LogP) is 2.28. The van der Waals surface area contributed by atoms with Crippen molar-refractivity contribution >= 4 is 0 Å². The van der Waals surface area contributed by atoms with Gasteiger partial charge in [-0.05, 0) is 37.1 Å². The van der Waals surface area contributed by atoms with Gasteiger partial charge < -0.3 is 19.9 Å². The Morgan fingerprint density at radius 3 is 2.81 bits per heavy atom. The highest BCUT2D eigenvalue weighted by Crippen LogP contribution is 2.38. The molecule has 110 valence electrons. The number of nitrogens with two attached hydrogens (primary N) is 1. The van der Waals surface area contributed by atoms with Gasteiger partial charge in [-0.3, -0.25) is 4.98 Å². The van der Waals surface area contributed by atoms with Gasteiger partial charge in [-0.2, -0.15) is 0 Å². The number of rotatable bonds is 5. The lowest BCUT2D eigenvalue weighted by atomic mass is 10.1. The average Bonchev–Trinajstić information content (AvgIpc) is 2.92. The second-order valence-electron chi connectivity index (χ2n) is 5.10. The summed E-state index contributed by atoms with van der Waals surface area (Å²) in [5.74, 6) is 2.22. The Bertz CT molecular complexity index is 614. The first-order valence-corrected chi connectivity index (χ1v) is 6.93. The van der Waals surface area contributed by atoms with Crippen molar-refractivity contribution in [3.05, 3.63) is 47.8 Å². The predicted molar refractivity (Wildman–Crippen MR) is 78.5 cm³/mol. The van der Waals surface area contributed by atoms with Crippen LogP contribution < -0.4 is 19.9 Å². The molecular formula is C16H18N2O3. The number of pyridine rings is 1. The van der Waals surface area contributed by atoms with Gasteiger partial charge in [0, 0.05) is 18.3 Å². The molecule has 2 aromatic rings. The first kappa shape index (κ1) is 13.7. The van der Waals surface area contributed by atoms with E-state index >= 15 is 0 Å². The highest BCUT2D eigenvalue weighted by molar-refractivity contribution is 5.52. The van der Waals surface area contributed by atoms with Crippen LogP contribution in [-0.2, 0) is 13.0 Å². The molecule has 21 heavy (non-hydrogen) atoms. The van der Waals surface area contributed by atoms with E-state index in [9.17, 15) is 0 Å². The number of ether oxygens (including phenoxy) is 3. The quantitative estimate of drug-likeness (QED) is 0.913. The summed E-state index contributed by atoms with van der Waals surface area (Å²) in [6.45, 7) is 2.62. The molecule has 2 N–H and O–H groups in total. The number of aromatic nitrogens is 1. The van der Waals surface area contributed by atoms with Crippen LogP contribution >= 0.6 is 0 Å². The summed E-state index contributed by atoms with van der Waals surface area (Å²) in [6.07, 6.45) is 2.47. The minimum Gasteiger partial charge on any atom is -0.487 e. The molecule has 0 amide bonds. The van der Waals surface area contributed by atoms with Crippen molar-refractivity contribution in [3.8, 4) is 17.2 Å². The number of hydrogen-bond acceptors (Lipinski definition) is 5. The summed E-state index contributed by atoms with van der Waals surface area (Å²) >= 11 is 0. The summed E-state index contributed by atoms with van der Waals surface area (Å²) in [5, 5.41) is 0. The van der Waals surface area contributed by atoms with E-state index in [1.54, 1.807) is 6.20 Å². The fourth-order valence-electron chi connectivity index (χ4n) is 2.24. The smallest absolute Gasteiger partial charge is 0.231 e. The van der Waals surface area contributed by atoms with Crippen LogP contribution in [0.4, 0.5) is 0 Å². The molecule has 5 heteroatoms. The molecular weight excluding hydrogens is 268 g/mol. The second kappa shape index (κ2) is 6.01. The van der Waals surface area contributed by atoms with Crippen LogP contribution in [0.5, 0.6) is 17.2 Å². The Morgan fingerprint density at radius 1 is 1.29 bits per heavy atom. The molecule has 5 nitrogen and oxygen atoms in total. The van der Waals surface area contributed by atoms with Gasteiger partial charge in [-0.25, -0.2) is 0 Å². The molecule has 0 saturated heterocycles. The Balaban J connectivity index is 1.82. The third-order valence-corrected chi connectivity index (χ3v) is 3.20. The fraction of sp³-hybridized carbons (Fsp3) is 0.312. The van der Waals surface area contributed by atoms with Gasteiger partial charge in [0.2, 0.25) is 6.79 Å². The summed E-state index contributed by atoms with van der Waals surface area (Å²) in [5.41, 5.74) is 7.80. The third kappa shape index (κ3) is 3.25. The summed E-state index contributed by atoms with van der Waals surface area (Å²) in [7, 11) is 0. The lowest BCUT2D eigenvalue weighted by Crippen LogP contribution is -2.18. The SMILES string of the molecule is CC(N)Cc1cc2c(cc1OCc1ccccn1)OCO2. The van der Waals surface area contributed by atoms with Crippen molar-refractivity contribution in [2.75, 3.05) is 6.79 Å². The standard InChI is InChI=1S/C16H18N2O3/c1-11(17)6-12-7-15-16(21-10-20-15)8-14(12)19-9-13-4-2-3-5-18-13/h2-5,7-8,11H,6,9-10,17H2,1H3. The molecule has 0 saturated carbocycles. The molecule has 2 heterocycles. The van der Waals surface area contributed by atoms with Gasteiger partial charge in [0.1, 0.15) is 12.4 Å². The third-order valence-electron chi connectivity index (χ3n) is 3.20. The van der Waals surface area contributed by atoms with Gasteiger partial charge in [0.15, 0.2) is 11.5 Å². The molecule has 0 aliphatic carbocycles. The molecule has 0 fully saturated rings. The number of hydrogen-bond donors (Lipinski definition) is 1. The molecule has 1 atom stereocenters. The normalized spacial score (nSPS) is 14.0. The molecule has 0 bridgehead atoms. The van der Waals surface area contributed by atoms with Crippen LogP contribution in [0.3, 0.4) is 0 Å². The topological polar surface area (TPSA) is 66.6 Å². The maximum absolute atomic E-state index is 5.91. The Hall–Kier alpha value is -2.27. The average molecular weight is 286 g/mol. The lowest BCUT2D eigenvalue weighted by Gasteiger charge is -2.14. The zero-order valence-electron chi connectivity index (χ0n) is 11.9. The number of nitrogens with zero attached hydrogens (tertiary/aromatic N) is 1. The van der Waals surface area contributed by atoms with Crippen molar-refractivity contribution < 1.29 is 14.2 Å². The van der Waals surface area contributed by atoms with E-state index in [4.69, 9.17) is 19.9 Å².